The first-order valence-corrected chi connectivity index (χ1v) is 10.1. The maximum Gasteiger partial charge on any atom is 0.112 e. The number of hydrogen-bond donors (Lipinski definition) is 1. The summed E-state index contributed by atoms with van der Waals surface area (Å²) < 4.78 is 17.4. The van der Waals surface area contributed by atoms with Crippen LogP contribution in [0.5, 0.6) is 0 Å². The Morgan fingerprint density at radius 2 is 1.68 bits per heavy atom. The van der Waals surface area contributed by atoms with E-state index in [1.165, 1.54) is 57.8 Å². The largest absolute Gasteiger partial charge is 0.396 e. The molecular formula is C20H35O4V-. The molecule has 0 spiro atoms. The number of ether oxygens (including phenoxy) is 3. The molecular weight excluding hydrogens is 355 g/mol. The van der Waals surface area contributed by atoms with Gasteiger partial charge in [0.15, 0.2) is 0 Å². The van der Waals surface area contributed by atoms with Crippen molar-refractivity contribution in [3.63, 3.8) is 0 Å². The van der Waals surface area contributed by atoms with Crippen molar-refractivity contribution in [2.75, 3.05) is 26.4 Å². The van der Waals surface area contributed by atoms with Crippen LogP contribution >= 0.6 is 0 Å². The minimum absolute atomic E-state index is 0. The quantitative estimate of drug-likeness (QED) is 0.747. The Balaban J connectivity index is 0.000000214. The van der Waals surface area contributed by atoms with Crippen LogP contribution in [0.15, 0.2) is 0 Å². The van der Waals surface area contributed by atoms with E-state index < -0.39 is 0 Å². The summed E-state index contributed by atoms with van der Waals surface area (Å²) in [5, 5.41) is 8.68. The Hall–Kier alpha value is 0.424. The Labute approximate surface area is 165 Å². The van der Waals surface area contributed by atoms with Gasteiger partial charge in [-0.25, -0.2) is 0 Å². The van der Waals surface area contributed by atoms with Gasteiger partial charge in [-0.2, -0.15) is 12.8 Å². The van der Waals surface area contributed by atoms with Gasteiger partial charge in [0.05, 0.1) is 19.3 Å². The fourth-order valence-electron chi connectivity index (χ4n) is 4.36. The molecule has 3 atom stereocenters. The van der Waals surface area contributed by atoms with Crippen molar-refractivity contribution in [3.8, 4) is 0 Å². The topological polar surface area (TPSA) is 47.9 Å². The average molecular weight is 390 g/mol. The molecule has 5 heteroatoms. The summed E-state index contributed by atoms with van der Waals surface area (Å²) in [5.41, 5.74) is 0. The molecule has 4 rings (SSSR count). The van der Waals surface area contributed by atoms with Gasteiger partial charge < -0.3 is 25.7 Å². The molecule has 2 heterocycles. The third kappa shape index (κ3) is 6.82. The molecule has 2 saturated heterocycles. The zero-order valence-electron chi connectivity index (χ0n) is 15.5. The van der Waals surface area contributed by atoms with Crippen molar-refractivity contribution in [2.24, 2.45) is 11.8 Å². The molecule has 1 N–H and O–H groups in total. The van der Waals surface area contributed by atoms with Gasteiger partial charge in [-0.15, -0.1) is 0 Å². The second-order valence-corrected chi connectivity index (χ2v) is 7.86. The average Bonchev–Trinajstić information content (AvgIpc) is 3.26. The van der Waals surface area contributed by atoms with Crippen molar-refractivity contribution in [3.05, 3.63) is 6.42 Å². The monoisotopic (exact) mass is 390 g/mol. The van der Waals surface area contributed by atoms with Crippen molar-refractivity contribution in [2.45, 2.75) is 82.5 Å². The van der Waals surface area contributed by atoms with Crippen molar-refractivity contribution < 1.29 is 37.9 Å². The molecule has 0 aromatic heterocycles. The van der Waals surface area contributed by atoms with Gasteiger partial charge in [0.1, 0.15) is 12.2 Å². The van der Waals surface area contributed by atoms with Crippen LogP contribution in [-0.4, -0.2) is 49.8 Å². The van der Waals surface area contributed by atoms with Gasteiger partial charge in [-0.05, 0) is 31.1 Å². The number of rotatable bonds is 4. The molecule has 0 amide bonds. The smallest absolute Gasteiger partial charge is 0.112 e. The van der Waals surface area contributed by atoms with Crippen LogP contribution < -0.4 is 0 Å². The van der Waals surface area contributed by atoms with Crippen LogP contribution in [0.1, 0.15) is 64.2 Å². The van der Waals surface area contributed by atoms with Gasteiger partial charge in [-0.1, -0.05) is 32.1 Å². The number of fused-ring (bicyclic) bond motifs is 1. The molecule has 1 radical (unpaired) electrons. The van der Waals surface area contributed by atoms with E-state index >= 15 is 0 Å². The van der Waals surface area contributed by atoms with Gasteiger partial charge in [-0.3, -0.25) is 0 Å². The standard InChI is InChI=1S/C13H22O3.C7H13O.V/c1-2-4-10(5-3-1)8-15-12-9-16-11-6-7-14-13(11)12;8-6-7-4-2-1-3-5-7;/h10-13H,1-9H2;1,7-8H,2-6H2;/q;-1;/t11-,12-,13+;;/m1../s1. The van der Waals surface area contributed by atoms with Gasteiger partial charge in [0.25, 0.3) is 0 Å². The summed E-state index contributed by atoms with van der Waals surface area (Å²) in [6.07, 6.45) is 15.8. The third-order valence-electron chi connectivity index (χ3n) is 6.01. The minimum atomic E-state index is 0. The molecule has 25 heavy (non-hydrogen) atoms. The first-order chi connectivity index (χ1) is 11.9. The molecule has 0 aromatic rings. The van der Waals surface area contributed by atoms with E-state index in [0.29, 0.717) is 18.6 Å². The predicted octanol–water partition coefficient (Wildman–Crippen LogP) is 3.51. The van der Waals surface area contributed by atoms with Crippen LogP contribution in [0, 0.1) is 18.3 Å². The van der Waals surface area contributed by atoms with E-state index in [-0.39, 0.29) is 30.8 Å². The Morgan fingerprint density at radius 1 is 0.920 bits per heavy atom. The maximum absolute atomic E-state index is 8.68. The number of aliphatic hydroxyl groups is 1. The van der Waals surface area contributed by atoms with Crippen LogP contribution in [0.25, 0.3) is 0 Å². The van der Waals surface area contributed by atoms with E-state index in [1.54, 1.807) is 0 Å². The normalized spacial score (nSPS) is 33.2. The summed E-state index contributed by atoms with van der Waals surface area (Å²) >= 11 is 0. The van der Waals surface area contributed by atoms with E-state index in [4.69, 9.17) is 19.3 Å². The second-order valence-electron chi connectivity index (χ2n) is 7.86. The number of hydrogen-bond acceptors (Lipinski definition) is 4. The van der Waals surface area contributed by atoms with Crippen LogP contribution in [0.3, 0.4) is 0 Å². The Morgan fingerprint density at radius 3 is 2.36 bits per heavy atom. The molecule has 2 saturated carbocycles. The molecule has 4 fully saturated rings. The van der Waals surface area contributed by atoms with Gasteiger partial charge in [0, 0.05) is 31.8 Å². The van der Waals surface area contributed by atoms with Crippen LogP contribution in [0.2, 0.25) is 0 Å². The molecule has 2 aliphatic heterocycles. The summed E-state index contributed by atoms with van der Waals surface area (Å²) in [6.45, 7) is 2.90. The second kappa shape index (κ2) is 12.0. The zero-order chi connectivity index (χ0) is 16.6. The summed E-state index contributed by atoms with van der Waals surface area (Å²) in [5.74, 6) is 1.40. The summed E-state index contributed by atoms with van der Waals surface area (Å²) in [4.78, 5) is 0. The SMILES string of the molecule is C1CCC(CO[C@@H]2CO[C@@H]3CCO[C@@H]32)CC1.OCC1CC[CH-]CC1.[V]. The maximum atomic E-state index is 8.68. The van der Waals surface area contributed by atoms with Crippen molar-refractivity contribution in [1.29, 1.82) is 0 Å². The van der Waals surface area contributed by atoms with Crippen LogP contribution in [-0.2, 0) is 32.8 Å². The van der Waals surface area contributed by atoms with E-state index in [2.05, 4.69) is 6.42 Å². The van der Waals surface area contributed by atoms with Crippen molar-refractivity contribution >= 4 is 0 Å². The third-order valence-corrected chi connectivity index (χ3v) is 6.01. The first kappa shape index (κ1) is 21.7. The van der Waals surface area contributed by atoms with E-state index in [0.717, 1.165) is 32.2 Å². The molecule has 0 aromatic carbocycles. The zero-order valence-corrected chi connectivity index (χ0v) is 16.9. The fourth-order valence-corrected chi connectivity index (χ4v) is 4.36. The van der Waals surface area contributed by atoms with E-state index in [9.17, 15) is 0 Å². The fraction of sp³-hybridized carbons (Fsp3) is 0.950. The minimum Gasteiger partial charge on any atom is -0.396 e. The first-order valence-electron chi connectivity index (χ1n) is 10.1. The molecule has 4 nitrogen and oxygen atoms in total. The summed E-state index contributed by atoms with van der Waals surface area (Å²) in [7, 11) is 0. The molecule has 0 bridgehead atoms. The molecule has 2 aliphatic carbocycles. The Kier molecular flexibility index (Phi) is 10.4. The van der Waals surface area contributed by atoms with Gasteiger partial charge >= 0.3 is 0 Å². The van der Waals surface area contributed by atoms with Crippen LogP contribution in [0.4, 0.5) is 0 Å². The molecule has 145 valence electrons. The van der Waals surface area contributed by atoms with E-state index in [1.807, 2.05) is 0 Å². The summed E-state index contributed by atoms with van der Waals surface area (Å²) in [6, 6.07) is 0. The molecule has 0 unspecified atom stereocenters. The number of aliphatic hydroxyl groups excluding tert-OH is 1. The predicted molar refractivity (Wildman–Crippen MR) is 93.8 cm³/mol. The Bertz CT molecular complexity index is 343. The van der Waals surface area contributed by atoms with Crippen molar-refractivity contribution in [1.82, 2.24) is 0 Å². The molecule has 4 aliphatic rings. The van der Waals surface area contributed by atoms with Gasteiger partial charge in [0.2, 0.25) is 0 Å².